The minimum atomic E-state index is -0.799. The molecule has 138 valence electrons. The Morgan fingerprint density at radius 1 is 1.04 bits per heavy atom. The molecule has 4 heteroatoms. The van der Waals surface area contributed by atoms with Gasteiger partial charge in [-0.25, -0.2) is 0 Å². The summed E-state index contributed by atoms with van der Waals surface area (Å²) in [6.07, 6.45) is 4.37. The summed E-state index contributed by atoms with van der Waals surface area (Å²) in [7, 11) is 0. The number of benzene rings is 2. The molecule has 0 saturated carbocycles. The number of aliphatic carboxylic acids is 1. The number of hydrogen-bond acceptors (Lipinski definition) is 3. The predicted molar refractivity (Wildman–Crippen MR) is 103 cm³/mol. The minimum absolute atomic E-state index is 0.461. The Balaban J connectivity index is 1.58. The van der Waals surface area contributed by atoms with Crippen molar-refractivity contribution in [1.82, 2.24) is 4.90 Å². The van der Waals surface area contributed by atoms with Crippen molar-refractivity contribution in [2.24, 2.45) is 0 Å². The molecule has 1 aliphatic rings. The fourth-order valence-corrected chi connectivity index (χ4v) is 3.51. The van der Waals surface area contributed by atoms with E-state index in [0.717, 1.165) is 23.4 Å². The van der Waals surface area contributed by atoms with Gasteiger partial charge in [-0.1, -0.05) is 48.9 Å². The quantitative estimate of drug-likeness (QED) is 0.780. The molecule has 0 spiro atoms. The SMILES string of the molecule is O=C(O)C(Cc1cccc(OCCN2CCCCC2)c1)c1ccccc1. The number of carboxylic acids is 1. The van der Waals surface area contributed by atoms with Crippen molar-refractivity contribution in [3.63, 3.8) is 0 Å². The van der Waals surface area contributed by atoms with Gasteiger partial charge in [-0.05, 0) is 55.6 Å². The van der Waals surface area contributed by atoms with Crippen molar-refractivity contribution in [1.29, 1.82) is 0 Å². The second-order valence-electron chi connectivity index (χ2n) is 6.90. The second kappa shape index (κ2) is 9.39. The van der Waals surface area contributed by atoms with E-state index in [1.54, 1.807) is 0 Å². The molecule has 1 heterocycles. The highest BCUT2D eigenvalue weighted by molar-refractivity contribution is 5.76. The number of likely N-dealkylation sites (tertiary alicyclic amines) is 1. The van der Waals surface area contributed by atoms with Crippen molar-refractivity contribution in [3.05, 3.63) is 65.7 Å². The Morgan fingerprint density at radius 2 is 1.81 bits per heavy atom. The first-order valence-electron chi connectivity index (χ1n) is 9.44. The van der Waals surface area contributed by atoms with Crippen LogP contribution in [0.1, 0.15) is 36.3 Å². The van der Waals surface area contributed by atoms with Crippen molar-refractivity contribution >= 4 is 5.97 Å². The maximum Gasteiger partial charge on any atom is 0.311 e. The molecule has 4 nitrogen and oxygen atoms in total. The second-order valence-corrected chi connectivity index (χ2v) is 6.90. The summed E-state index contributed by atoms with van der Waals surface area (Å²) in [6.45, 7) is 3.96. The van der Waals surface area contributed by atoms with Gasteiger partial charge >= 0.3 is 5.97 Å². The van der Waals surface area contributed by atoms with Gasteiger partial charge in [-0.15, -0.1) is 0 Å². The van der Waals surface area contributed by atoms with Crippen molar-refractivity contribution in [2.45, 2.75) is 31.6 Å². The van der Waals surface area contributed by atoms with E-state index in [1.165, 1.54) is 32.4 Å². The zero-order valence-corrected chi connectivity index (χ0v) is 15.1. The van der Waals surface area contributed by atoms with E-state index in [1.807, 2.05) is 54.6 Å². The van der Waals surface area contributed by atoms with Crippen LogP contribution in [0.5, 0.6) is 5.75 Å². The number of hydrogen-bond donors (Lipinski definition) is 1. The van der Waals surface area contributed by atoms with Crippen LogP contribution < -0.4 is 4.74 Å². The smallest absolute Gasteiger partial charge is 0.311 e. The Bertz CT molecular complexity index is 696. The van der Waals surface area contributed by atoms with Crippen LogP contribution in [0.4, 0.5) is 0 Å². The van der Waals surface area contributed by atoms with E-state index in [9.17, 15) is 9.90 Å². The van der Waals surface area contributed by atoms with Crippen molar-refractivity contribution in [3.8, 4) is 5.75 Å². The molecule has 0 bridgehead atoms. The molecule has 1 saturated heterocycles. The van der Waals surface area contributed by atoms with Gasteiger partial charge in [0.1, 0.15) is 12.4 Å². The molecule has 0 radical (unpaired) electrons. The highest BCUT2D eigenvalue weighted by Gasteiger charge is 2.20. The number of carbonyl (C=O) groups is 1. The van der Waals surface area contributed by atoms with Gasteiger partial charge in [-0.3, -0.25) is 9.69 Å². The monoisotopic (exact) mass is 353 g/mol. The first-order chi connectivity index (χ1) is 12.7. The number of piperidine rings is 1. The van der Waals surface area contributed by atoms with Gasteiger partial charge in [0, 0.05) is 6.54 Å². The lowest BCUT2D eigenvalue weighted by Gasteiger charge is -2.26. The lowest BCUT2D eigenvalue weighted by atomic mass is 9.92. The molecule has 2 aromatic carbocycles. The van der Waals surface area contributed by atoms with Crippen LogP contribution in [0.2, 0.25) is 0 Å². The molecule has 3 rings (SSSR count). The van der Waals surface area contributed by atoms with Gasteiger partial charge in [0.25, 0.3) is 0 Å². The average molecular weight is 353 g/mol. The van der Waals surface area contributed by atoms with Crippen molar-refractivity contribution in [2.75, 3.05) is 26.2 Å². The van der Waals surface area contributed by atoms with Crippen LogP contribution >= 0.6 is 0 Å². The molecule has 1 aliphatic heterocycles. The summed E-state index contributed by atoms with van der Waals surface area (Å²) in [4.78, 5) is 14.1. The highest BCUT2D eigenvalue weighted by Crippen LogP contribution is 2.23. The molecular formula is C22H27NO3. The van der Waals surface area contributed by atoms with Gasteiger partial charge < -0.3 is 9.84 Å². The van der Waals surface area contributed by atoms with E-state index < -0.39 is 11.9 Å². The highest BCUT2D eigenvalue weighted by atomic mass is 16.5. The first-order valence-corrected chi connectivity index (χ1v) is 9.44. The number of carboxylic acid groups (broad SMARTS) is 1. The van der Waals surface area contributed by atoms with E-state index >= 15 is 0 Å². The average Bonchev–Trinajstić information content (AvgIpc) is 2.68. The van der Waals surface area contributed by atoms with E-state index in [-0.39, 0.29) is 0 Å². The molecular weight excluding hydrogens is 326 g/mol. The molecule has 0 aliphatic carbocycles. The summed E-state index contributed by atoms with van der Waals surface area (Å²) in [5, 5.41) is 9.61. The maximum atomic E-state index is 11.7. The standard InChI is InChI=1S/C22H27NO3/c24-22(25)21(19-9-3-1-4-10-19)17-18-8-7-11-20(16-18)26-15-14-23-12-5-2-6-13-23/h1,3-4,7-11,16,21H,2,5-6,12-15,17H2,(H,24,25). The third kappa shape index (κ3) is 5.33. The number of rotatable bonds is 8. The fourth-order valence-electron chi connectivity index (χ4n) is 3.51. The van der Waals surface area contributed by atoms with Crippen molar-refractivity contribution < 1.29 is 14.6 Å². The minimum Gasteiger partial charge on any atom is -0.492 e. The third-order valence-electron chi connectivity index (χ3n) is 4.96. The summed E-state index contributed by atoms with van der Waals surface area (Å²) in [6, 6.07) is 17.2. The zero-order chi connectivity index (χ0) is 18.2. The summed E-state index contributed by atoms with van der Waals surface area (Å²) >= 11 is 0. The van der Waals surface area contributed by atoms with Crippen LogP contribution in [-0.2, 0) is 11.2 Å². The molecule has 0 amide bonds. The lowest BCUT2D eigenvalue weighted by molar-refractivity contribution is -0.138. The van der Waals surface area contributed by atoms with Gasteiger partial charge in [0.05, 0.1) is 5.92 Å². The van der Waals surface area contributed by atoms with Crippen LogP contribution in [0, 0.1) is 0 Å². The van der Waals surface area contributed by atoms with Crippen LogP contribution in [0.3, 0.4) is 0 Å². The molecule has 1 atom stereocenters. The largest absolute Gasteiger partial charge is 0.492 e. The van der Waals surface area contributed by atoms with Gasteiger partial charge in [0.15, 0.2) is 0 Å². The summed E-state index contributed by atoms with van der Waals surface area (Å²) in [5.41, 5.74) is 1.81. The van der Waals surface area contributed by atoms with E-state index in [2.05, 4.69) is 4.90 Å². The normalized spacial score (nSPS) is 16.2. The Kier molecular flexibility index (Phi) is 6.67. The molecule has 0 aromatic heterocycles. The number of ether oxygens (including phenoxy) is 1. The Labute approximate surface area is 155 Å². The van der Waals surface area contributed by atoms with Crippen LogP contribution in [0.25, 0.3) is 0 Å². The number of nitrogens with zero attached hydrogens (tertiary/aromatic N) is 1. The Hall–Kier alpha value is -2.33. The molecule has 2 aromatic rings. The van der Waals surface area contributed by atoms with Crippen LogP contribution in [0.15, 0.2) is 54.6 Å². The third-order valence-corrected chi connectivity index (χ3v) is 4.96. The van der Waals surface area contributed by atoms with Gasteiger partial charge in [-0.2, -0.15) is 0 Å². The van der Waals surface area contributed by atoms with E-state index in [4.69, 9.17) is 4.74 Å². The summed E-state index contributed by atoms with van der Waals surface area (Å²) < 4.78 is 5.91. The van der Waals surface area contributed by atoms with E-state index in [0.29, 0.717) is 13.0 Å². The van der Waals surface area contributed by atoms with Gasteiger partial charge in [0.2, 0.25) is 0 Å². The molecule has 1 fully saturated rings. The maximum absolute atomic E-state index is 11.7. The molecule has 1 N–H and O–H groups in total. The fraction of sp³-hybridized carbons (Fsp3) is 0.409. The first kappa shape index (κ1) is 18.5. The topological polar surface area (TPSA) is 49.8 Å². The molecule has 1 unspecified atom stereocenters. The molecule has 26 heavy (non-hydrogen) atoms. The Morgan fingerprint density at radius 3 is 2.54 bits per heavy atom. The zero-order valence-electron chi connectivity index (χ0n) is 15.1. The van der Waals surface area contributed by atoms with Crippen LogP contribution in [-0.4, -0.2) is 42.2 Å². The lowest BCUT2D eigenvalue weighted by Crippen LogP contribution is -2.33. The predicted octanol–water partition coefficient (Wildman–Crippen LogP) is 3.96. The summed E-state index contributed by atoms with van der Waals surface area (Å²) in [5.74, 6) is -0.524.